The SMILES string of the molecule is O=C(Cc1ccc2ccccc2c1)Nc1cc(S(=O)(=O)N2CCCC2)ccc1O. The van der Waals surface area contributed by atoms with E-state index in [4.69, 9.17) is 0 Å². The highest BCUT2D eigenvalue weighted by Crippen LogP contribution is 2.29. The second-order valence-corrected chi connectivity index (χ2v) is 9.13. The highest BCUT2D eigenvalue weighted by atomic mass is 32.2. The molecule has 0 bridgehead atoms. The summed E-state index contributed by atoms with van der Waals surface area (Å²) in [6.07, 6.45) is 1.80. The van der Waals surface area contributed by atoms with E-state index in [-0.39, 0.29) is 28.7 Å². The van der Waals surface area contributed by atoms with Crippen LogP contribution in [0.1, 0.15) is 18.4 Å². The first-order chi connectivity index (χ1) is 13.9. The minimum Gasteiger partial charge on any atom is -0.506 e. The topological polar surface area (TPSA) is 86.7 Å². The van der Waals surface area contributed by atoms with Gasteiger partial charge in [-0.15, -0.1) is 0 Å². The summed E-state index contributed by atoms with van der Waals surface area (Å²) >= 11 is 0. The lowest BCUT2D eigenvalue weighted by Gasteiger charge is -2.16. The number of phenolic OH excluding ortho intramolecular Hbond substituents is 1. The lowest BCUT2D eigenvalue weighted by Crippen LogP contribution is -2.28. The van der Waals surface area contributed by atoms with Gasteiger partial charge in [0.05, 0.1) is 17.0 Å². The average molecular weight is 410 g/mol. The number of carbonyl (C=O) groups is 1. The van der Waals surface area contributed by atoms with Gasteiger partial charge in [-0.2, -0.15) is 4.31 Å². The van der Waals surface area contributed by atoms with Crippen molar-refractivity contribution in [3.63, 3.8) is 0 Å². The number of anilines is 1. The Kier molecular flexibility index (Phi) is 5.25. The largest absolute Gasteiger partial charge is 0.506 e. The number of sulfonamides is 1. The first-order valence-corrected chi connectivity index (χ1v) is 11.0. The van der Waals surface area contributed by atoms with Crippen LogP contribution < -0.4 is 5.32 Å². The molecule has 0 saturated carbocycles. The number of hydrogen-bond acceptors (Lipinski definition) is 4. The summed E-state index contributed by atoms with van der Waals surface area (Å²) in [6.45, 7) is 0.986. The average Bonchev–Trinajstić information content (AvgIpc) is 3.25. The third-order valence-corrected chi connectivity index (χ3v) is 7.02. The Hall–Kier alpha value is -2.90. The summed E-state index contributed by atoms with van der Waals surface area (Å²) in [7, 11) is -3.63. The lowest BCUT2D eigenvalue weighted by molar-refractivity contribution is -0.115. The number of nitrogens with one attached hydrogen (secondary N) is 1. The summed E-state index contributed by atoms with van der Waals surface area (Å²) in [4.78, 5) is 12.6. The molecule has 0 atom stereocenters. The van der Waals surface area contributed by atoms with Gasteiger partial charge in [-0.1, -0.05) is 42.5 Å². The van der Waals surface area contributed by atoms with Crippen LogP contribution in [0.15, 0.2) is 65.6 Å². The molecule has 150 valence electrons. The number of benzene rings is 3. The van der Waals surface area contributed by atoms with Crippen molar-refractivity contribution in [1.82, 2.24) is 4.31 Å². The molecule has 1 fully saturated rings. The van der Waals surface area contributed by atoms with Crippen molar-refractivity contribution >= 4 is 32.4 Å². The van der Waals surface area contributed by atoms with E-state index in [1.54, 1.807) is 0 Å². The zero-order valence-electron chi connectivity index (χ0n) is 15.8. The molecule has 1 heterocycles. The maximum atomic E-state index is 12.7. The van der Waals surface area contributed by atoms with Gasteiger partial charge in [0.15, 0.2) is 0 Å². The van der Waals surface area contributed by atoms with Crippen LogP contribution in [0.4, 0.5) is 5.69 Å². The Morgan fingerprint density at radius 3 is 2.45 bits per heavy atom. The molecular weight excluding hydrogens is 388 g/mol. The molecule has 2 N–H and O–H groups in total. The van der Waals surface area contributed by atoms with Gasteiger partial charge in [-0.05, 0) is 47.4 Å². The van der Waals surface area contributed by atoms with E-state index in [1.807, 2.05) is 42.5 Å². The number of nitrogens with zero attached hydrogens (tertiary/aromatic N) is 1. The summed E-state index contributed by atoms with van der Waals surface area (Å²) in [5.41, 5.74) is 0.928. The molecule has 0 spiro atoms. The minimum atomic E-state index is -3.63. The van der Waals surface area contributed by atoms with Crippen LogP contribution in [0.2, 0.25) is 0 Å². The molecule has 6 nitrogen and oxygen atoms in total. The minimum absolute atomic E-state index is 0.0678. The first kappa shape index (κ1) is 19.4. The number of carbonyl (C=O) groups excluding carboxylic acids is 1. The highest BCUT2D eigenvalue weighted by molar-refractivity contribution is 7.89. The van der Waals surface area contributed by atoms with Gasteiger partial charge in [0.2, 0.25) is 15.9 Å². The van der Waals surface area contributed by atoms with Gasteiger partial charge < -0.3 is 10.4 Å². The van der Waals surface area contributed by atoms with Crippen LogP contribution in [0.25, 0.3) is 10.8 Å². The summed E-state index contributed by atoms with van der Waals surface area (Å²) in [5, 5.41) is 14.9. The van der Waals surface area contributed by atoms with Crippen LogP contribution in [0.3, 0.4) is 0 Å². The summed E-state index contributed by atoms with van der Waals surface area (Å²) in [5.74, 6) is -0.497. The zero-order valence-corrected chi connectivity index (χ0v) is 16.7. The molecule has 0 unspecified atom stereocenters. The van der Waals surface area contributed by atoms with E-state index < -0.39 is 10.0 Å². The van der Waals surface area contributed by atoms with Gasteiger partial charge in [-0.3, -0.25) is 4.79 Å². The second kappa shape index (κ2) is 7.85. The van der Waals surface area contributed by atoms with E-state index in [0.717, 1.165) is 29.2 Å². The van der Waals surface area contributed by atoms with Gasteiger partial charge in [0, 0.05) is 13.1 Å². The predicted molar refractivity (Wildman–Crippen MR) is 112 cm³/mol. The number of aromatic hydroxyl groups is 1. The lowest BCUT2D eigenvalue weighted by atomic mass is 10.0. The number of amides is 1. The summed E-state index contributed by atoms with van der Waals surface area (Å²) in [6, 6.07) is 17.7. The van der Waals surface area contributed by atoms with Crippen LogP contribution >= 0.6 is 0 Å². The fourth-order valence-electron chi connectivity index (χ4n) is 3.58. The Bertz CT molecular complexity index is 1170. The van der Waals surface area contributed by atoms with Crippen molar-refractivity contribution in [1.29, 1.82) is 0 Å². The fraction of sp³-hybridized carbons (Fsp3) is 0.227. The Labute approximate surface area is 169 Å². The van der Waals surface area contributed by atoms with E-state index in [0.29, 0.717) is 13.1 Å². The molecule has 4 rings (SSSR count). The molecule has 0 aliphatic carbocycles. The molecule has 1 aliphatic heterocycles. The van der Waals surface area contributed by atoms with Crippen LogP contribution in [0.5, 0.6) is 5.75 Å². The predicted octanol–water partition coefficient (Wildman–Crippen LogP) is 3.51. The third-order valence-electron chi connectivity index (χ3n) is 5.12. The molecule has 0 radical (unpaired) electrons. The van der Waals surface area contributed by atoms with Crippen molar-refractivity contribution in [3.8, 4) is 5.75 Å². The van der Waals surface area contributed by atoms with Gasteiger partial charge in [0.25, 0.3) is 0 Å². The van der Waals surface area contributed by atoms with Crippen molar-refractivity contribution in [2.75, 3.05) is 18.4 Å². The van der Waals surface area contributed by atoms with E-state index >= 15 is 0 Å². The smallest absolute Gasteiger partial charge is 0.243 e. The molecule has 29 heavy (non-hydrogen) atoms. The molecule has 0 aromatic heterocycles. The first-order valence-electron chi connectivity index (χ1n) is 9.54. The monoisotopic (exact) mass is 410 g/mol. The van der Waals surface area contributed by atoms with Gasteiger partial charge in [0.1, 0.15) is 5.75 Å². The van der Waals surface area contributed by atoms with Crippen molar-refractivity contribution in [2.45, 2.75) is 24.2 Å². The maximum absolute atomic E-state index is 12.7. The van der Waals surface area contributed by atoms with Crippen LogP contribution in [0, 0.1) is 0 Å². The highest BCUT2D eigenvalue weighted by Gasteiger charge is 2.27. The van der Waals surface area contributed by atoms with Crippen LogP contribution in [-0.4, -0.2) is 36.8 Å². The molecule has 1 amide bonds. The number of hydrogen-bond donors (Lipinski definition) is 2. The third kappa shape index (κ3) is 4.11. The second-order valence-electron chi connectivity index (χ2n) is 7.20. The van der Waals surface area contributed by atoms with Gasteiger partial charge in [-0.25, -0.2) is 8.42 Å². The molecule has 1 aliphatic rings. The Morgan fingerprint density at radius 1 is 0.966 bits per heavy atom. The van der Waals surface area contributed by atoms with Crippen molar-refractivity contribution in [3.05, 3.63) is 66.2 Å². The zero-order chi connectivity index (χ0) is 20.4. The van der Waals surface area contributed by atoms with Crippen molar-refractivity contribution < 1.29 is 18.3 Å². The van der Waals surface area contributed by atoms with Crippen molar-refractivity contribution in [2.24, 2.45) is 0 Å². The standard InChI is InChI=1S/C22H22N2O4S/c25-21-10-9-19(29(27,28)24-11-3-4-12-24)15-20(21)23-22(26)14-16-7-8-17-5-1-2-6-18(17)13-16/h1-2,5-10,13,15,25H,3-4,11-12,14H2,(H,23,26). The molecular formula is C22H22N2O4S. The normalized spacial score (nSPS) is 14.9. The molecule has 3 aromatic carbocycles. The number of fused-ring (bicyclic) bond motifs is 1. The van der Waals surface area contributed by atoms with Crippen LogP contribution in [-0.2, 0) is 21.2 Å². The Balaban J connectivity index is 1.52. The van der Waals surface area contributed by atoms with E-state index in [1.165, 1.54) is 22.5 Å². The number of phenols is 1. The fourth-order valence-corrected chi connectivity index (χ4v) is 5.13. The maximum Gasteiger partial charge on any atom is 0.243 e. The molecule has 7 heteroatoms. The van der Waals surface area contributed by atoms with E-state index in [2.05, 4.69) is 5.32 Å². The Morgan fingerprint density at radius 2 is 1.69 bits per heavy atom. The molecule has 3 aromatic rings. The number of rotatable bonds is 5. The quantitative estimate of drug-likeness (QED) is 0.630. The molecule has 1 saturated heterocycles. The van der Waals surface area contributed by atoms with E-state index in [9.17, 15) is 18.3 Å². The summed E-state index contributed by atoms with van der Waals surface area (Å²) < 4.78 is 26.9. The van der Waals surface area contributed by atoms with Gasteiger partial charge >= 0.3 is 0 Å².